The summed E-state index contributed by atoms with van der Waals surface area (Å²) in [4.78, 5) is 0. The summed E-state index contributed by atoms with van der Waals surface area (Å²) in [5.41, 5.74) is 6.45. The van der Waals surface area contributed by atoms with Gasteiger partial charge in [0.25, 0.3) is 0 Å². The van der Waals surface area contributed by atoms with E-state index in [1.807, 2.05) is 18.2 Å². The van der Waals surface area contributed by atoms with Gasteiger partial charge in [-0.15, -0.1) is 0 Å². The Morgan fingerprint density at radius 1 is 1.28 bits per heavy atom. The Labute approximate surface area is 111 Å². The van der Waals surface area contributed by atoms with E-state index < -0.39 is 17.7 Å². The zero-order chi connectivity index (χ0) is 13.2. The molecule has 0 amide bonds. The minimum Gasteiger partial charge on any atom is -0.390 e. The summed E-state index contributed by atoms with van der Waals surface area (Å²) >= 11 is 6.16. The second-order valence-electron chi connectivity index (χ2n) is 4.82. The molecule has 0 aromatic heterocycles. The minimum absolute atomic E-state index is 0.0879. The predicted molar refractivity (Wildman–Crippen MR) is 69.4 cm³/mol. The van der Waals surface area contributed by atoms with E-state index in [2.05, 4.69) is 0 Å². The number of nitrogens with two attached hydrogens (primary N) is 1. The average Bonchev–Trinajstić information content (AvgIpc) is 2.35. The molecule has 100 valence electrons. The quantitative estimate of drug-likeness (QED) is 0.713. The third kappa shape index (κ3) is 2.84. The van der Waals surface area contributed by atoms with Crippen LogP contribution in [0.25, 0.3) is 0 Å². The van der Waals surface area contributed by atoms with Crippen LogP contribution < -0.4 is 5.73 Å². The Kier molecular flexibility index (Phi) is 4.25. The first-order valence-corrected chi connectivity index (χ1v) is 6.38. The Morgan fingerprint density at radius 2 is 2.00 bits per heavy atom. The van der Waals surface area contributed by atoms with E-state index in [1.165, 1.54) is 0 Å². The highest BCUT2D eigenvalue weighted by Crippen LogP contribution is 2.32. The number of hydrogen-bond donors (Lipinski definition) is 3. The van der Waals surface area contributed by atoms with Gasteiger partial charge in [-0.3, -0.25) is 0 Å². The number of rotatable bonds is 1. The molecule has 4 N–H and O–H groups in total. The number of benzene rings is 1. The van der Waals surface area contributed by atoms with Crippen molar-refractivity contribution < 1.29 is 14.9 Å². The lowest BCUT2D eigenvalue weighted by molar-refractivity contribution is -0.0694. The molecule has 18 heavy (non-hydrogen) atoms. The zero-order valence-electron chi connectivity index (χ0n) is 10.1. The van der Waals surface area contributed by atoms with Crippen molar-refractivity contribution in [3.8, 4) is 0 Å². The van der Waals surface area contributed by atoms with Gasteiger partial charge in [0.15, 0.2) is 0 Å². The summed E-state index contributed by atoms with van der Waals surface area (Å²) in [6, 6.07) is 7.38. The Balaban J connectivity index is 2.22. The van der Waals surface area contributed by atoms with Crippen molar-refractivity contribution in [1.82, 2.24) is 0 Å². The second kappa shape index (κ2) is 5.55. The van der Waals surface area contributed by atoms with Gasteiger partial charge in [0.2, 0.25) is 0 Å². The van der Waals surface area contributed by atoms with Gasteiger partial charge in [0, 0.05) is 5.02 Å². The van der Waals surface area contributed by atoms with Crippen molar-refractivity contribution >= 4 is 11.6 Å². The van der Waals surface area contributed by atoms with Crippen LogP contribution in [-0.2, 0) is 10.3 Å². The molecule has 1 heterocycles. The highest BCUT2D eigenvalue weighted by atomic mass is 35.5. The lowest BCUT2D eigenvalue weighted by Gasteiger charge is -2.35. The van der Waals surface area contributed by atoms with Crippen molar-refractivity contribution in [3.05, 3.63) is 34.9 Å². The number of aliphatic hydroxyl groups is 2. The molecular formula is C13H18ClNO3. The van der Waals surface area contributed by atoms with E-state index in [4.69, 9.17) is 22.1 Å². The third-order valence-corrected chi connectivity index (χ3v) is 3.72. The highest BCUT2D eigenvalue weighted by Gasteiger charge is 2.34. The first kappa shape index (κ1) is 13.8. The molecule has 3 unspecified atom stereocenters. The lowest BCUT2D eigenvalue weighted by atomic mass is 9.85. The first-order valence-electron chi connectivity index (χ1n) is 6.01. The molecule has 1 aromatic rings. The van der Waals surface area contributed by atoms with E-state index in [-0.39, 0.29) is 13.2 Å². The smallest absolute Gasteiger partial charge is 0.103 e. The van der Waals surface area contributed by atoms with Gasteiger partial charge < -0.3 is 20.7 Å². The molecule has 1 fully saturated rings. The van der Waals surface area contributed by atoms with Crippen molar-refractivity contribution in [2.45, 2.75) is 30.6 Å². The van der Waals surface area contributed by atoms with E-state index >= 15 is 0 Å². The van der Waals surface area contributed by atoms with Gasteiger partial charge in [0.05, 0.1) is 24.9 Å². The van der Waals surface area contributed by atoms with E-state index in [0.717, 1.165) is 5.56 Å². The first-order chi connectivity index (χ1) is 8.53. The number of ether oxygens (including phenoxy) is 1. The topological polar surface area (TPSA) is 75.7 Å². The van der Waals surface area contributed by atoms with E-state index in [9.17, 15) is 10.2 Å². The Bertz CT molecular complexity index is 415. The summed E-state index contributed by atoms with van der Waals surface area (Å²) < 4.78 is 5.39. The van der Waals surface area contributed by atoms with Crippen molar-refractivity contribution in [2.75, 3.05) is 13.2 Å². The second-order valence-corrected chi connectivity index (χ2v) is 5.23. The maximum absolute atomic E-state index is 9.71. The average molecular weight is 272 g/mol. The van der Waals surface area contributed by atoms with Crippen LogP contribution in [0.3, 0.4) is 0 Å². The maximum atomic E-state index is 9.71. The Hall–Kier alpha value is -0.650. The standard InChI is InChI=1S/C13H18ClNO3/c14-10-4-2-1-3-9(10)13(15)6-5-11(16)12(17)7-18-8-13/h1-4,11-12,16-17H,5-8,15H2. The van der Waals surface area contributed by atoms with Crippen LogP contribution in [0.15, 0.2) is 24.3 Å². The fraction of sp³-hybridized carbons (Fsp3) is 0.538. The molecule has 0 bridgehead atoms. The van der Waals surface area contributed by atoms with Crippen LogP contribution in [-0.4, -0.2) is 35.6 Å². The van der Waals surface area contributed by atoms with Crippen LogP contribution >= 0.6 is 11.6 Å². The van der Waals surface area contributed by atoms with E-state index in [1.54, 1.807) is 6.07 Å². The van der Waals surface area contributed by atoms with Crippen LogP contribution in [0, 0.1) is 0 Å². The molecule has 1 aromatic carbocycles. The summed E-state index contributed by atoms with van der Waals surface area (Å²) in [6.07, 6.45) is -0.724. The van der Waals surface area contributed by atoms with Crippen LogP contribution in [0.5, 0.6) is 0 Å². The predicted octanol–water partition coefficient (Wildman–Crippen LogP) is 1.03. The molecule has 0 aliphatic carbocycles. The molecule has 1 aliphatic rings. The fourth-order valence-corrected chi connectivity index (χ4v) is 2.54. The van der Waals surface area contributed by atoms with Gasteiger partial charge in [-0.2, -0.15) is 0 Å². The number of aliphatic hydroxyl groups excluding tert-OH is 2. The third-order valence-electron chi connectivity index (χ3n) is 3.39. The molecule has 2 rings (SSSR count). The monoisotopic (exact) mass is 271 g/mol. The SMILES string of the molecule is NC1(c2ccccc2Cl)CCC(O)C(O)COC1. The van der Waals surface area contributed by atoms with Gasteiger partial charge in [0.1, 0.15) is 6.10 Å². The van der Waals surface area contributed by atoms with Crippen molar-refractivity contribution in [3.63, 3.8) is 0 Å². The van der Waals surface area contributed by atoms with Gasteiger partial charge in [-0.05, 0) is 24.5 Å². The molecule has 5 heteroatoms. The van der Waals surface area contributed by atoms with Gasteiger partial charge in [-0.1, -0.05) is 29.8 Å². The normalized spacial score (nSPS) is 33.8. The van der Waals surface area contributed by atoms with Gasteiger partial charge in [-0.25, -0.2) is 0 Å². The summed E-state index contributed by atoms with van der Waals surface area (Å²) in [5.74, 6) is 0. The summed E-state index contributed by atoms with van der Waals surface area (Å²) in [5, 5.41) is 19.8. The fourth-order valence-electron chi connectivity index (χ4n) is 2.22. The molecule has 0 spiro atoms. The molecule has 0 radical (unpaired) electrons. The molecular weight excluding hydrogens is 254 g/mol. The molecule has 1 saturated heterocycles. The molecule has 4 nitrogen and oxygen atoms in total. The highest BCUT2D eigenvalue weighted by molar-refractivity contribution is 6.31. The molecule has 3 atom stereocenters. The Morgan fingerprint density at radius 3 is 2.72 bits per heavy atom. The largest absolute Gasteiger partial charge is 0.390 e. The van der Waals surface area contributed by atoms with Crippen LogP contribution in [0.2, 0.25) is 5.02 Å². The summed E-state index contributed by atoms with van der Waals surface area (Å²) in [7, 11) is 0. The van der Waals surface area contributed by atoms with Crippen molar-refractivity contribution in [1.29, 1.82) is 0 Å². The minimum atomic E-state index is -0.846. The van der Waals surface area contributed by atoms with Crippen LogP contribution in [0.4, 0.5) is 0 Å². The lowest BCUT2D eigenvalue weighted by Crippen LogP contribution is -2.46. The van der Waals surface area contributed by atoms with Crippen molar-refractivity contribution in [2.24, 2.45) is 5.73 Å². The maximum Gasteiger partial charge on any atom is 0.103 e. The molecule has 0 saturated carbocycles. The molecule has 1 aliphatic heterocycles. The van der Waals surface area contributed by atoms with Crippen LogP contribution in [0.1, 0.15) is 18.4 Å². The number of hydrogen-bond acceptors (Lipinski definition) is 4. The summed E-state index contributed by atoms with van der Waals surface area (Å²) in [6.45, 7) is 0.366. The zero-order valence-corrected chi connectivity index (χ0v) is 10.8. The van der Waals surface area contributed by atoms with Gasteiger partial charge >= 0.3 is 0 Å². The van der Waals surface area contributed by atoms with E-state index in [0.29, 0.717) is 17.9 Å². The number of halogens is 1.